The van der Waals surface area contributed by atoms with Gasteiger partial charge in [-0.05, 0) is 29.9 Å². The van der Waals surface area contributed by atoms with Crippen LogP contribution in [0.4, 0.5) is 5.69 Å². The Bertz CT molecular complexity index is 804. The van der Waals surface area contributed by atoms with Gasteiger partial charge in [-0.2, -0.15) is 12.1 Å². The summed E-state index contributed by atoms with van der Waals surface area (Å²) in [5, 5.41) is 3.00. The fourth-order valence-corrected chi connectivity index (χ4v) is 3.62. The standard InChI is InChI=1S/C19H23N2OS.C5H5.Fe/c1-4-15-10-12-16(13-11-15)19(22)20-17-8-7-9-18(17)23-14-21(5-2)6-3;1-2-4-5-3-1;/h4,7-13H,1,5-6,14H2,2-3H3,(H,20,22);1-5H;/q-1;-5;. The molecule has 0 saturated heterocycles. The number of nitrogens with zero attached hydrogens (tertiary/aromatic N) is 1. The zero-order valence-electron chi connectivity index (χ0n) is 17.0. The molecule has 3 rings (SSSR count). The molecule has 3 aromatic carbocycles. The minimum absolute atomic E-state index is 0. The summed E-state index contributed by atoms with van der Waals surface area (Å²) in [6.07, 6.45) is 1.76. The van der Waals surface area contributed by atoms with Gasteiger partial charge in [0.25, 0.3) is 0 Å². The van der Waals surface area contributed by atoms with E-state index in [1.54, 1.807) is 17.8 Å². The van der Waals surface area contributed by atoms with Crippen LogP contribution in [-0.2, 0) is 17.1 Å². The van der Waals surface area contributed by atoms with E-state index in [0.29, 0.717) is 5.56 Å². The average Bonchev–Trinajstić information content (AvgIpc) is 3.44. The normalized spacial score (nSPS) is 9.90. The molecule has 0 saturated carbocycles. The van der Waals surface area contributed by atoms with Gasteiger partial charge in [-0.25, -0.2) is 0 Å². The van der Waals surface area contributed by atoms with Gasteiger partial charge in [-0.1, -0.05) is 55.7 Å². The van der Waals surface area contributed by atoms with E-state index < -0.39 is 0 Å². The molecule has 3 aromatic rings. The molecule has 1 amide bonds. The van der Waals surface area contributed by atoms with Crippen molar-refractivity contribution in [1.82, 2.24) is 4.90 Å². The Kier molecular flexibility index (Phi) is 12.1. The predicted octanol–water partition coefficient (Wildman–Crippen LogP) is 6.10. The van der Waals surface area contributed by atoms with Crippen molar-refractivity contribution in [3.63, 3.8) is 0 Å². The number of hydrogen-bond donors (Lipinski definition) is 1. The molecule has 0 aliphatic rings. The van der Waals surface area contributed by atoms with Gasteiger partial charge in [0.2, 0.25) is 0 Å². The molecule has 3 nitrogen and oxygen atoms in total. The van der Waals surface area contributed by atoms with E-state index in [1.165, 1.54) is 0 Å². The van der Waals surface area contributed by atoms with E-state index in [9.17, 15) is 4.79 Å². The third-order valence-electron chi connectivity index (χ3n) is 4.29. The van der Waals surface area contributed by atoms with Crippen LogP contribution in [-0.4, -0.2) is 29.8 Å². The molecule has 1 N–H and O–H groups in total. The van der Waals surface area contributed by atoms with Crippen molar-refractivity contribution in [2.75, 3.05) is 24.3 Å². The summed E-state index contributed by atoms with van der Waals surface area (Å²) in [5.74, 6) is 0.838. The molecule has 0 aliphatic heterocycles. The second kappa shape index (κ2) is 14.0. The first kappa shape index (κ1) is 25.0. The molecule has 160 valence electrons. The Morgan fingerprint density at radius 3 is 2.21 bits per heavy atom. The van der Waals surface area contributed by atoms with Gasteiger partial charge in [-0.15, -0.1) is 17.8 Å². The van der Waals surface area contributed by atoms with E-state index in [-0.39, 0.29) is 23.0 Å². The molecule has 0 unspecified atom stereocenters. The minimum Gasteiger partial charge on any atom is -0.748 e. The second-order valence-electron chi connectivity index (χ2n) is 6.12. The van der Waals surface area contributed by atoms with Gasteiger partial charge in [0.1, 0.15) is 0 Å². The zero-order chi connectivity index (χ0) is 20.2. The van der Waals surface area contributed by atoms with Crippen LogP contribution >= 0.6 is 11.8 Å². The minimum atomic E-state index is -0.0866. The van der Waals surface area contributed by atoms with Gasteiger partial charge in [0.15, 0.2) is 5.91 Å². The third kappa shape index (κ3) is 8.46. The molecule has 0 heterocycles. The molecule has 0 aliphatic carbocycles. The van der Waals surface area contributed by atoms with Gasteiger partial charge in [0.05, 0.1) is 0 Å². The molecule has 0 radical (unpaired) electrons. The number of hydrogen-bond acceptors (Lipinski definition) is 3. The first-order valence-electron chi connectivity index (χ1n) is 9.49. The van der Waals surface area contributed by atoms with Gasteiger partial charge in [-0.3, -0.25) is 4.90 Å². The maximum absolute atomic E-state index is 12.4. The molecule has 0 atom stereocenters. The molecule has 29 heavy (non-hydrogen) atoms. The monoisotopic (exact) mass is 448 g/mol. The Hall–Kier alpha value is -2.04. The fraction of sp³-hybridized carbons (Fsp3) is 0.208. The van der Waals surface area contributed by atoms with E-state index in [4.69, 9.17) is 0 Å². The van der Waals surface area contributed by atoms with Crippen molar-refractivity contribution >= 4 is 29.4 Å². The summed E-state index contributed by atoms with van der Waals surface area (Å²) in [6.45, 7) is 10.1. The number of carbonyl (C=O) groups excluding carboxylic acids is 1. The first-order valence-corrected chi connectivity index (χ1v) is 10.5. The number of amides is 1. The van der Waals surface area contributed by atoms with Crippen molar-refractivity contribution in [2.45, 2.75) is 18.7 Å². The van der Waals surface area contributed by atoms with E-state index in [0.717, 1.165) is 35.1 Å². The Labute approximate surface area is 189 Å². The molecule has 0 fully saturated rings. The first-order chi connectivity index (χ1) is 13.7. The van der Waals surface area contributed by atoms with Crippen molar-refractivity contribution in [2.24, 2.45) is 0 Å². The fourth-order valence-electron chi connectivity index (χ4n) is 2.49. The van der Waals surface area contributed by atoms with Crippen molar-refractivity contribution in [3.8, 4) is 0 Å². The number of carbonyl (C=O) groups is 1. The van der Waals surface area contributed by atoms with Crippen LogP contribution in [0.1, 0.15) is 29.8 Å². The number of anilines is 1. The summed E-state index contributed by atoms with van der Waals surface area (Å²) in [4.78, 5) is 15.8. The second-order valence-corrected chi connectivity index (χ2v) is 7.11. The molecular weight excluding hydrogens is 420 g/mol. The molecule has 0 spiro atoms. The van der Waals surface area contributed by atoms with Crippen LogP contribution in [0.5, 0.6) is 0 Å². The quantitative estimate of drug-likeness (QED) is 0.196. The average molecular weight is 448 g/mol. The number of rotatable bonds is 8. The van der Waals surface area contributed by atoms with Crippen molar-refractivity contribution < 1.29 is 21.9 Å². The molecule has 0 bridgehead atoms. The van der Waals surface area contributed by atoms with Crippen molar-refractivity contribution in [3.05, 3.63) is 90.5 Å². The van der Waals surface area contributed by atoms with Gasteiger partial charge >= 0.3 is 0 Å². The van der Waals surface area contributed by atoms with Gasteiger partial charge in [0, 0.05) is 22.9 Å². The molecule has 5 heteroatoms. The predicted molar refractivity (Wildman–Crippen MR) is 122 cm³/mol. The Morgan fingerprint density at radius 2 is 1.69 bits per heavy atom. The summed E-state index contributed by atoms with van der Waals surface area (Å²) in [7, 11) is 0. The van der Waals surface area contributed by atoms with Crippen LogP contribution in [0, 0.1) is 0 Å². The zero-order valence-corrected chi connectivity index (χ0v) is 18.9. The van der Waals surface area contributed by atoms with E-state index in [2.05, 4.69) is 30.6 Å². The molecular formula is C24H28FeN2OS-6. The largest absolute Gasteiger partial charge is 0.748 e. The van der Waals surface area contributed by atoms with Crippen LogP contribution in [0.3, 0.4) is 0 Å². The number of nitrogens with one attached hydrogen (secondary N) is 1. The summed E-state index contributed by atoms with van der Waals surface area (Å²) in [5.41, 5.74) is 2.53. The van der Waals surface area contributed by atoms with Crippen LogP contribution < -0.4 is 5.32 Å². The topological polar surface area (TPSA) is 32.3 Å². The smallest absolute Gasteiger partial charge is 0.179 e. The van der Waals surface area contributed by atoms with Crippen LogP contribution in [0.2, 0.25) is 0 Å². The van der Waals surface area contributed by atoms with Gasteiger partial charge < -0.3 is 40.4 Å². The summed E-state index contributed by atoms with van der Waals surface area (Å²) < 4.78 is 0. The summed E-state index contributed by atoms with van der Waals surface area (Å²) >= 11 is 1.75. The Balaban J connectivity index is 0.000000610. The summed E-state index contributed by atoms with van der Waals surface area (Å²) in [6, 6.07) is 23.4. The number of benzene rings is 1. The van der Waals surface area contributed by atoms with Crippen molar-refractivity contribution in [1.29, 1.82) is 0 Å². The Morgan fingerprint density at radius 1 is 1.10 bits per heavy atom. The van der Waals surface area contributed by atoms with Crippen LogP contribution in [0.25, 0.3) is 6.08 Å². The van der Waals surface area contributed by atoms with Crippen LogP contribution in [0.15, 0.2) is 84.3 Å². The van der Waals surface area contributed by atoms with E-state index in [1.807, 2.05) is 72.8 Å². The maximum Gasteiger partial charge on any atom is 0.179 e. The third-order valence-corrected chi connectivity index (χ3v) is 5.45. The maximum atomic E-state index is 12.4. The molecule has 0 aromatic heterocycles. The number of thioether (sulfide) groups is 1. The SMILES string of the molecule is C=Cc1ccc(C(=O)N[c-]2cccc2SCN(CC)CC)cc1.[Fe].[cH-]1[cH-][cH-][cH-][cH-]1. The van der Waals surface area contributed by atoms with E-state index >= 15 is 0 Å².